The summed E-state index contributed by atoms with van der Waals surface area (Å²) >= 11 is 6.92. The largest absolute Gasteiger partial charge is 0.308 e. The molecule has 2 aromatic rings. The standard InChI is InChI=1S/C14H18BrN3S2/c1-9-17-18-13(19-9)20-11-6-5-10(12(15)7-11)8-16-14(2,3)4/h5-7,16H,8H2,1-4H3. The first-order valence-corrected chi connectivity index (χ1v) is 8.77. The van der Waals surface area contributed by atoms with Crippen LogP contribution < -0.4 is 5.32 Å². The maximum absolute atomic E-state index is 4.14. The van der Waals surface area contributed by atoms with Gasteiger partial charge in [-0.3, -0.25) is 0 Å². The topological polar surface area (TPSA) is 37.8 Å². The predicted molar refractivity (Wildman–Crippen MR) is 89.5 cm³/mol. The Balaban J connectivity index is 2.05. The van der Waals surface area contributed by atoms with E-state index < -0.39 is 0 Å². The number of hydrogen-bond acceptors (Lipinski definition) is 5. The SMILES string of the molecule is Cc1nnc(Sc2ccc(CNC(C)(C)C)c(Br)c2)s1. The summed E-state index contributed by atoms with van der Waals surface area (Å²) in [6.45, 7) is 9.33. The minimum absolute atomic E-state index is 0.122. The van der Waals surface area contributed by atoms with Gasteiger partial charge in [0.25, 0.3) is 0 Å². The second-order valence-corrected chi connectivity index (χ2v) is 8.90. The van der Waals surface area contributed by atoms with Gasteiger partial charge in [-0.2, -0.15) is 0 Å². The van der Waals surface area contributed by atoms with Gasteiger partial charge in [0, 0.05) is 21.5 Å². The van der Waals surface area contributed by atoms with Crippen molar-refractivity contribution in [3.05, 3.63) is 33.2 Å². The normalized spacial score (nSPS) is 11.8. The number of hydrogen-bond donors (Lipinski definition) is 1. The van der Waals surface area contributed by atoms with Gasteiger partial charge < -0.3 is 5.32 Å². The van der Waals surface area contributed by atoms with Crippen molar-refractivity contribution in [2.24, 2.45) is 0 Å². The average molecular weight is 372 g/mol. The van der Waals surface area contributed by atoms with E-state index in [1.165, 1.54) is 10.5 Å². The molecular weight excluding hydrogens is 354 g/mol. The molecule has 0 radical (unpaired) electrons. The Kier molecular flexibility index (Phi) is 5.23. The van der Waals surface area contributed by atoms with Crippen LogP contribution in [0.4, 0.5) is 0 Å². The van der Waals surface area contributed by atoms with Crippen LogP contribution in [0.25, 0.3) is 0 Å². The molecule has 0 saturated carbocycles. The zero-order valence-corrected chi connectivity index (χ0v) is 15.2. The summed E-state index contributed by atoms with van der Waals surface area (Å²) in [6, 6.07) is 6.42. The van der Waals surface area contributed by atoms with Crippen molar-refractivity contribution < 1.29 is 0 Å². The van der Waals surface area contributed by atoms with Crippen molar-refractivity contribution in [3.8, 4) is 0 Å². The minimum atomic E-state index is 0.122. The third kappa shape index (κ3) is 4.84. The Bertz CT molecular complexity index is 590. The van der Waals surface area contributed by atoms with E-state index >= 15 is 0 Å². The molecule has 0 amide bonds. The van der Waals surface area contributed by atoms with Gasteiger partial charge in [-0.15, -0.1) is 10.2 Å². The lowest BCUT2D eigenvalue weighted by molar-refractivity contribution is 0.424. The van der Waals surface area contributed by atoms with Gasteiger partial charge in [0.05, 0.1) is 0 Å². The van der Waals surface area contributed by atoms with Gasteiger partial charge in [-0.25, -0.2) is 0 Å². The highest BCUT2D eigenvalue weighted by atomic mass is 79.9. The molecule has 1 N–H and O–H groups in total. The number of aryl methyl sites for hydroxylation is 1. The number of rotatable bonds is 4. The lowest BCUT2D eigenvalue weighted by Gasteiger charge is -2.21. The summed E-state index contributed by atoms with van der Waals surface area (Å²) in [6.07, 6.45) is 0. The molecule has 0 bridgehead atoms. The highest BCUT2D eigenvalue weighted by Crippen LogP contribution is 2.32. The second kappa shape index (κ2) is 6.56. The molecule has 0 spiro atoms. The van der Waals surface area contributed by atoms with Crippen LogP contribution in [0.5, 0.6) is 0 Å². The Morgan fingerprint density at radius 3 is 2.60 bits per heavy atom. The van der Waals surface area contributed by atoms with Gasteiger partial charge in [0.2, 0.25) is 0 Å². The van der Waals surface area contributed by atoms with Crippen LogP contribution in [-0.4, -0.2) is 15.7 Å². The molecule has 0 atom stereocenters. The first-order valence-electron chi connectivity index (χ1n) is 6.35. The van der Waals surface area contributed by atoms with E-state index in [-0.39, 0.29) is 5.54 Å². The predicted octanol–water partition coefficient (Wildman–Crippen LogP) is 4.65. The fourth-order valence-electron chi connectivity index (χ4n) is 1.52. The molecule has 1 heterocycles. The Morgan fingerprint density at radius 1 is 1.30 bits per heavy atom. The van der Waals surface area contributed by atoms with Gasteiger partial charge in [0.15, 0.2) is 4.34 Å². The Morgan fingerprint density at radius 2 is 2.05 bits per heavy atom. The maximum Gasteiger partial charge on any atom is 0.179 e. The van der Waals surface area contributed by atoms with Crippen molar-refractivity contribution in [2.45, 2.75) is 49.0 Å². The van der Waals surface area contributed by atoms with Crippen LogP contribution in [0.15, 0.2) is 31.9 Å². The summed E-state index contributed by atoms with van der Waals surface area (Å²) < 4.78 is 2.11. The molecule has 0 aliphatic carbocycles. The van der Waals surface area contributed by atoms with Crippen LogP contribution in [0.2, 0.25) is 0 Å². The molecular formula is C14H18BrN3S2. The number of aromatic nitrogens is 2. The van der Waals surface area contributed by atoms with Crippen LogP contribution in [0, 0.1) is 6.92 Å². The third-order valence-corrected chi connectivity index (χ3v) is 5.16. The molecule has 2 rings (SSSR count). The monoisotopic (exact) mass is 371 g/mol. The van der Waals surface area contributed by atoms with Gasteiger partial charge in [-0.05, 0) is 45.4 Å². The highest BCUT2D eigenvalue weighted by Gasteiger charge is 2.11. The summed E-state index contributed by atoms with van der Waals surface area (Å²) in [5.41, 5.74) is 1.38. The van der Waals surface area contributed by atoms with Crippen LogP contribution in [0.1, 0.15) is 31.3 Å². The molecule has 0 saturated heterocycles. The summed E-state index contributed by atoms with van der Waals surface area (Å²) in [5.74, 6) is 0. The van der Waals surface area contributed by atoms with E-state index in [9.17, 15) is 0 Å². The van der Waals surface area contributed by atoms with E-state index in [1.54, 1.807) is 23.1 Å². The van der Waals surface area contributed by atoms with Crippen molar-refractivity contribution in [1.29, 1.82) is 0 Å². The molecule has 6 heteroatoms. The minimum Gasteiger partial charge on any atom is -0.308 e. The molecule has 1 aromatic heterocycles. The Hall–Kier alpha value is -0.430. The maximum atomic E-state index is 4.14. The summed E-state index contributed by atoms with van der Waals surface area (Å²) in [4.78, 5) is 1.17. The second-order valence-electron chi connectivity index (χ2n) is 5.55. The van der Waals surface area contributed by atoms with Crippen molar-refractivity contribution >= 4 is 39.0 Å². The number of benzene rings is 1. The lowest BCUT2D eigenvalue weighted by Crippen LogP contribution is -2.35. The average Bonchev–Trinajstić information content (AvgIpc) is 2.72. The molecule has 1 aromatic carbocycles. The van der Waals surface area contributed by atoms with Crippen LogP contribution >= 0.6 is 39.0 Å². The Labute approximate surface area is 136 Å². The lowest BCUT2D eigenvalue weighted by atomic mass is 10.1. The van der Waals surface area contributed by atoms with Crippen molar-refractivity contribution in [1.82, 2.24) is 15.5 Å². The zero-order chi connectivity index (χ0) is 14.8. The molecule has 0 fully saturated rings. The highest BCUT2D eigenvalue weighted by molar-refractivity contribution is 9.10. The molecule has 0 unspecified atom stereocenters. The quantitative estimate of drug-likeness (QED) is 0.848. The third-order valence-electron chi connectivity index (χ3n) is 2.55. The van der Waals surface area contributed by atoms with Crippen LogP contribution in [-0.2, 0) is 6.54 Å². The number of nitrogens with zero attached hydrogens (tertiary/aromatic N) is 2. The van der Waals surface area contributed by atoms with Gasteiger partial charge in [0.1, 0.15) is 5.01 Å². The van der Waals surface area contributed by atoms with E-state index in [1.807, 2.05) is 6.92 Å². The first-order chi connectivity index (χ1) is 9.33. The number of nitrogens with one attached hydrogen (secondary N) is 1. The fourth-order valence-corrected chi connectivity index (χ4v) is 4.02. The summed E-state index contributed by atoms with van der Waals surface area (Å²) in [5, 5.41) is 12.7. The molecule has 0 aliphatic heterocycles. The molecule has 0 aliphatic rings. The van der Waals surface area contributed by atoms with E-state index in [2.05, 4.69) is 70.4 Å². The van der Waals surface area contributed by atoms with Crippen LogP contribution in [0.3, 0.4) is 0 Å². The van der Waals surface area contributed by atoms with Gasteiger partial charge >= 0.3 is 0 Å². The molecule has 3 nitrogen and oxygen atoms in total. The van der Waals surface area contributed by atoms with Crippen molar-refractivity contribution in [3.63, 3.8) is 0 Å². The van der Waals surface area contributed by atoms with E-state index in [0.29, 0.717) is 0 Å². The van der Waals surface area contributed by atoms with Gasteiger partial charge in [-0.1, -0.05) is 45.1 Å². The number of halogens is 1. The fraction of sp³-hybridized carbons (Fsp3) is 0.429. The summed E-state index contributed by atoms with van der Waals surface area (Å²) in [7, 11) is 0. The molecule has 20 heavy (non-hydrogen) atoms. The smallest absolute Gasteiger partial charge is 0.179 e. The van der Waals surface area contributed by atoms with Crippen molar-refractivity contribution in [2.75, 3.05) is 0 Å². The first kappa shape index (κ1) is 15.9. The van der Waals surface area contributed by atoms with E-state index in [4.69, 9.17) is 0 Å². The molecule has 108 valence electrons. The van der Waals surface area contributed by atoms with E-state index in [0.717, 1.165) is 20.4 Å². The zero-order valence-electron chi connectivity index (χ0n) is 12.0.